The molecule has 0 spiro atoms. The van der Waals surface area contributed by atoms with Crippen LogP contribution < -0.4 is 10.9 Å². The topological polar surface area (TPSA) is 98.7 Å². The Bertz CT molecular complexity index is 728. The lowest BCUT2D eigenvalue weighted by atomic mass is 9.92. The Balaban J connectivity index is 2.15. The first-order valence-electron chi connectivity index (χ1n) is 7.84. The van der Waals surface area contributed by atoms with Crippen LogP contribution in [0.2, 0.25) is 0 Å². The first-order chi connectivity index (χ1) is 11.0. The van der Waals surface area contributed by atoms with Crippen molar-refractivity contribution in [2.24, 2.45) is 0 Å². The number of hydrogen-bond donors (Lipinski definition) is 1. The SMILES string of the molecule is Cc1ccn(CC(=O)NC2(C#N)CCCCCC2)c(=O)c1C#N. The molecule has 0 atom stereocenters. The maximum atomic E-state index is 12.3. The third kappa shape index (κ3) is 3.78. The summed E-state index contributed by atoms with van der Waals surface area (Å²) in [4.78, 5) is 24.4. The third-order valence-corrected chi connectivity index (χ3v) is 4.35. The third-order valence-electron chi connectivity index (χ3n) is 4.35. The summed E-state index contributed by atoms with van der Waals surface area (Å²) < 4.78 is 1.21. The quantitative estimate of drug-likeness (QED) is 0.860. The van der Waals surface area contributed by atoms with Crippen molar-refractivity contribution in [2.45, 2.75) is 57.5 Å². The van der Waals surface area contributed by atoms with E-state index in [-0.39, 0.29) is 18.0 Å². The highest BCUT2D eigenvalue weighted by Crippen LogP contribution is 2.26. The largest absolute Gasteiger partial charge is 0.336 e. The molecule has 1 fully saturated rings. The number of carbonyl (C=O) groups is 1. The van der Waals surface area contributed by atoms with E-state index in [0.717, 1.165) is 25.7 Å². The summed E-state index contributed by atoms with van der Waals surface area (Å²) >= 11 is 0. The molecule has 6 heteroatoms. The maximum absolute atomic E-state index is 12.3. The fourth-order valence-corrected chi connectivity index (χ4v) is 2.98. The van der Waals surface area contributed by atoms with Crippen molar-refractivity contribution in [3.63, 3.8) is 0 Å². The van der Waals surface area contributed by atoms with Crippen molar-refractivity contribution in [1.29, 1.82) is 10.5 Å². The minimum atomic E-state index is -0.833. The van der Waals surface area contributed by atoms with Crippen molar-refractivity contribution in [2.75, 3.05) is 0 Å². The first kappa shape index (κ1) is 16.8. The first-order valence-corrected chi connectivity index (χ1v) is 7.84. The fourth-order valence-electron chi connectivity index (χ4n) is 2.98. The van der Waals surface area contributed by atoms with Gasteiger partial charge in [0.2, 0.25) is 5.91 Å². The summed E-state index contributed by atoms with van der Waals surface area (Å²) in [7, 11) is 0. The van der Waals surface area contributed by atoms with Crippen LogP contribution >= 0.6 is 0 Å². The number of hydrogen-bond acceptors (Lipinski definition) is 4. The molecule has 0 unspecified atom stereocenters. The highest BCUT2D eigenvalue weighted by Gasteiger charge is 2.32. The van der Waals surface area contributed by atoms with Gasteiger partial charge in [0.05, 0.1) is 6.07 Å². The van der Waals surface area contributed by atoms with Crippen LogP contribution in [-0.4, -0.2) is 16.0 Å². The molecular formula is C17H20N4O2. The van der Waals surface area contributed by atoms with Crippen LogP contribution in [0.1, 0.15) is 49.7 Å². The second-order valence-electron chi connectivity index (χ2n) is 6.07. The molecule has 6 nitrogen and oxygen atoms in total. The molecular weight excluding hydrogens is 292 g/mol. The van der Waals surface area contributed by atoms with E-state index in [4.69, 9.17) is 5.26 Å². The monoisotopic (exact) mass is 312 g/mol. The van der Waals surface area contributed by atoms with Gasteiger partial charge in [-0.3, -0.25) is 9.59 Å². The Morgan fingerprint density at radius 3 is 2.52 bits per heavy atom. The fraction of sp³-hybridized carbons (Fsp3) is 0.529. The van der Waals surface area contributed by atoms with Gasteiger partial charge in [-0.2, -0.15) is 10.5 Å². The lowest BCUT2D eigenvalue weighted by Crippen LogP contribution is -2.48. The smallest absolute Gasteiger partial charge is 0.269 e. The van der Waals surface area contributed by atoms with Crippen molar-refractivity contribution in [3.05, 3.63) is 33.7 Å². The second-order valence-corrected chi connectivity index (χ2v) is 6.07. The summed E-state index contributed by atoms with van der Waals surface area (Å²) in [6.07, 6.45) is 6.76. The van der Waals surface area contributed by atoms with Gasteiger partial charge in [-0.05, 0) is 31.4 Å². The number of aryl methyl sites for hydroxylation is 1. The molecule has 120 valence electrons. The van der Waals surface area contributed by atoms with Crippen molar-refractivity contribution >= 4 is 5.91 Å². The van der Waals surface area contributed by atoms with Gasteiger partial charge in [0.15, 0.2) is 0 Å². The van der Waals surface area contributed by atoms with Gasteiger partial charge in [-0.15, -0.1) is 0 Å². The van der Waals surface area contributed by atoms with Gasteiger partial charge in [-0.1, -0.05) is 25.7 Å². The van der Waals surface area contributed by atoms with E-state index in [0.29, 0.717) is 18.4 Å². The Labute approximate surface area is 135 Å². The lowest BCUT2D eigenvalue weighted by molar-refractivity contribution is -0.123. The molecule has 23 heavy (non-hydrogen) atoms. The molecule has 1 aromatic rings. The van der Waals surface area contributed by atoms with E-state index in [1.54, 1.807) is 13.0 Å². The number of pyridine rings is 1. The number of nitriles is 2. The summed E-state index contributed by atoms with van der Waals surface area (Å²) in [5.41, 5.74) is -0.675. The van der Waals surface area contributed by atoms with Crippen LogP contribution in [0.25, 0.3) is 0 Å². The standard InChI is InChI=1S/C17H20N4O2/c1-13-6-9-21(16(23)14(13)10-18)11-15(22)20-17(12-19)7-4-2-3-5-8-17/h6,9H,2-5,7-8,11H2,1H3,(H,20,22). The number of carbonyl (C=O) groups excluding carboxylic acids is 1. The number of amides is 1. The normalized spacial score (nSPS) is 16.7. The Morgan fingerprint density at radius 1 is 1.30 bits per heavy atom. The zero-order chi connectivity index (χ0) is 16.9. The van der Waals surface area contributed by atoms with Crippen molar-refractivity contribution < 1.29 is 4.79 Å². The molecule has 2 rings (SSSR count). The average Bonchev–Trinajstić information content (AvgIpc) is 2.77. The van der Waals surface area contributed by atoms with Gasteiger partial charge < -0.3 is 9.88 Å². The maximum Gasteiger partial charge on any atom is 0.269 e. The van der Waals surface area contributed by atoms with Crippen molar-refractivity contribution in [3.8, 4) is 12.1 Å². The predicted octanol–water partition coefficient (Wildman–Crippen LogP) is 1.76. The molecule has 1 saturated carbocycles. The van der Waals surface area contributed by atoms with Gasteiger partial charge in [0.1, 0.15) is 23.7 Å². The molecule has 1 aliphatic carbocycles. The molecule has 1 aromatic heterocycles. The minimum absolute atomic E-state index is 0.0461. The number of aromatic nitrogens is 1. The van der Waals surface area contributed by atoms with Gasteiger partial charge in [0.25, 0.3) is 5.56 Å². The number of nitrogens with zero attached hydrogens (tertiary/aromatic N) is 3. The Kier molecular flexibility index (Phi) is 5.18. The van der Waals surface area contributed by atoms with Crippen LogP contribution in [0.5, 0.6) is 0 Å². The Morgan fingerprint density at radius 2 is 1.96 bits per heavy atom. The van der Waals surface area contributed by atoms with Gasteiger partial charge in [0, 0.05) is 6.20 Å². The van der Waals surface area contributed by atoms with E-state index >= 15 is 0 Å². The highest BCUT2D eigenvalue weighted by atomic mass is 16.2. The van der Waals surface area contributed by atoms with E-state index in [2.05, 4.69) is 11.4 Å². The second kappa shape index (κ2) is 7.11. The van der Waals surface area contributed by atoms with E-state index < -0.39 is 11.1 Å². The average molecular weight is 312 g/mol. The molecule has 1 N–H and O–H groups in total. The number of rotatable bonds is 3. The molecule has 1 aliphatic rings. The molecule has 0 bridgehead atoms. The van der Waals surface area contributed by atoms with Crippen LogP contribution in [0.15, 0.2) is 17.1 Å². The Hall–Kier alpha value is -2.60. The number of nitrogens with one attached hydrogen (secondary N) is 1. The zero-order valence-corrected chi connectivity index (χ0v) is 13.3. The highest BCUT2D eigenvalue weighted by molar-refractivity contribution is 5.77. The van der Waals surface area contributed by atoms with Crippen LogP contribution in [0.4, 0.5) is 0 Å². The van der Waals surface area contributed by atoms with Crippen molar-refractivity contribution in [1.82, 2.24) is 9.88 Å². The molecule has 0 aliphatic heterocycles. The summed E-state index contributed by atoms with van der Waals surface area (Å²) in [5, 5.41) is 21.3. The molecule has 1 heterocycles. The van der Waals surface area contributed by atoms with Crippen LogP contribution in [0.3, 0.4) is 0 Å². The summed E-state index contributed by atoms with van der Waals surface area (Å²) in [6.45, 7) is 1.50. The van der Waals surface area contributed by atoms with E-state index in [1.165, 1.54) is 10.8 Å². The van der Waals surface area contributed by atoms with E-state index in [1.807, 2.05) is 6.07 Å². The van der Waals surface area contributed by atoms with Gasteiger partial charge in [-0.25, -0.2) is 0 Å². The van der Waals surface area contributed by atoms with E-state index in [9.17, 15) is 14.9 Å². The van der Waals surface area contributed by atoms with Gasteiger partial charge >= 0.3 is 0 Å². The zero-order valence-electron chi connectivity index (χ0n) is 13.3. The predicted molar refractivity (Wildman–Crippen MR) is 84.3 cm³/mol. The minimum Gasteiger partial charge on any atom is -0.336 e. The lowest BCUT2D eigenvalue weighted by Gasteiger charge is -2.26. The molecule has 1 amide bonds. The molecule has 0 radical (unpaired) electrons. The van der Waals surface area contributed by atoms with Crippen LogP contribution in [-0.2, 0) is 11.3 Å². The molecule has 0 aromatic carbocycles. The summed E-state index contributed by atoms with van der Waals surface area (Å²) in [5.74, 6) is -0.372. The van der Waals surface area contributed by atoms with Crippen LogP contribution in [0, 0.1) is 29.6 Å². The summed E-state index contributed by atoms with van der Waals surface area (Å²) in [6, 6.07) is 5.75. The molecule has 0 saturated heterocycles.